The van der Waals surface area contributed by atoms with Crippen LogP contribution in [0.25, 0.3) is 0 Å². The summed E-state index contributed by atoms with van der Waals surface area (Å²) in [4.78, 5) is 32.5. The lowest BCUT2D eigenvalue weighted by Crippen LogP contribution is -2.54. The monoisotopic (exact) mass is 347 g/mol. The van der Waals surface area contributed by atoms with E-state index in [1.165, 1.54) is 23.1 Å². The zero-order valence-corrected chi connectivity index (χ0v) is 13.7. The van der Waals surface area contributed by atoms with Gasteiger partial charge in [-0.05, 0) is 19.1 Å². The van der Waals surface area contributed by atoms with Gasteiger partial charge in [0, 0.05) is 37.8 Å². The molecule has 0 radical (unpaired) electrons. The van der Waals surface area contributed by atoms with Gasteiger partial charge in [0.05, 0.1) is 0 Å². The van der Waals surface area contributed by atoms with Gasteiger partial charge in [-0.3, -0.25) is 4.79 Å². The van der Waals surface area contributed by atoms with E-state index >= 15 is 0 Å². The highest BCUT2D eigenvalue weighted by molar-refractivity contribution is 5.91. The van der Waals surface area contributed by atoms with Crippen molar-refractivity contribution in [2.75, 3.05) is 13.1 Å². The van der Waals surface area contributed by atoms with E-state index in [9.17, 15) is 19.1 Å². The quantitative estimate of drug-likeness (QED) is 0.882. The Labute approximate surface area is 143 Å². The molecule has 132 valence electrons. The van der Waals surface area contributed by atoms with Crippen molar-refractivity contribution in [3.8, 4) is 5.75 Å². The summed E-state index contributed by atoms with van der Waals surface area (Å²) >= 11 is 0. The van der Waals surface area contributed by atoms with E-state index in [2.05, 4.69) is 9.97 Å². The number of amides is 1. The molecule has 0 saturated carbocycles. The number of para-hydroxylation sites is 1. The van der Waals surface area contributed by atoms with Gasteiger partial charge in [0.2, 0.25) is 5.60 Å². The number of nitrogens with zero attached hydrogens (tertiary/aromatic N) is 2. The molecule has 0 unspecified atom stereocenters. The largest absolute Gasteiger partial charge is 0.478 e. The highest BCUT2D eigenvalue weighted by atomic mass is 19.1. The second-order valence-corrected chi connectivity index (χ2v) is 6.04. The molecule has 0 aliphatic carbocycles. The minimum Gasteiger partial charge on any atom is -0.478 e. The van der Waals surface area contributed by atoms with Crippen molar-refractivity contribution in [2.24, 2.45) is 0 Å². The highest BCUT2D eigenvalue weighted by Crippen LogP contribution is 2.31. The number of aliphatic carboxylic acids is 1. The lowest BCUT2D eigenvalue weighted by Gasteiger charge is -2.38. The SMILES string of the molecule is Cc1cnc(C(=O)N2CCC(Oc3ccccc3F)(C(=O)O)CC2)[nH]1. The van der Waals surface area contributed by atoms with Gasteiger partial charge < -0.3 is 19.7 Å². The summed E-state index contributed by atoms with van der Waals surface area (Å²) in [6.45, 7) is 2.15. The fourth-order valence-corrected chi connectivity index (χ4v) is 2.84. The molecule has 0 bridgehead atoms. The molecule has 25 heavy (non-hydrogen) atoms. The summed E-state index contributed by atoms with van der Waals surface area (Å²) < 4.78 is 19.3. The van der Waals surface area contributed by atoms with Gasteiger partial charge in [-0.1, -0.05) is 12.1 Å². The van der Waals surface area contributed by atoms with Crippen LogP contribution < -0.4 is 4.74 Å². The maximum atomic E-state index is 13.8. The van der Waals surface area contributed by atoms with Crippen molar-refractivity contribution in [1.82, 2.24) is 14.9 Å². The number of likely N-dealkylation sites (tertiary alicyclic amines) is 1. The molecule has 1 amide bonds. The fraction of sp³-hybridized carbons (Fsp3) is 0.353. The van der Waals surface area contributed by atoms with E-state index in [0.717, 1.165) is 5.69 Å². The van der Waals surface area contributed by atoms with Crippen LogP contribution in [0.2, 0.25) is 0 Å². The maximum absolute atomic E-state index is 13.8. The third-order valence-electron chi connectivity index (χ3n) is 4.30. The van der Waals surface area contributed by atoms with Crippen molar-refractivity contribution in [3.05, 3.63) is 47.8 Å². The van der Waals surface area contributed by atoms with Gasteiger partial charge in [-0.25, -0.2) is 14.2 Å². The van der Waals surface area contributed by atoms with Gasteiger partial charge >= 0.3 is 5.97 Å². The number of piperidine rings is 1. The summed E-state index contributed by atoms with van der Waals surface area (Å²) in [5.74, 6) is -1.97. The molecule has 1 fully saturated rings. The van der Waals surface area contributed by atoms with E-state index in [1.807, 2.05) is 0 Å². The minimum atomic E-state index is -1.56. The van der Waals surface area contributed by atoms with Crippen LogP contribution in [-0.4, -0.2) is 50.5 Å². The number of H-pyrrole nitrogens is 1. The topological polar surface area (TPSA) is 95.5 Å². The van der Waals surface area contributed by atoms with Crippen molar-refractivity contribution in [1.29, 1.82) is 0 Å². The second kappa shape index (κ2) is 6.54. The number of halogens is 1. The zero-order valence-electron chi connectivity index (χ0n) is 13.7. The molecule has 0 spiro atoms. The molecule has 1 aliphatic heterocycles. The lowest BCUT2D eigenvalue weighted by molar-refractivity contribution is -0.159. The predicted octanol–water partition coefficient (Wildman–Crippen LogP) is 2.00. The first-order chi connectivity index (χ1) is 11.9. The van der Waals surface area contributed by atoms with E-state index in [0.29, 0.717) is 0 Å². The number of imidazole rings is 1. The highest BCUT2D eigenvalue weighted by Gasteiger charge is 2.45. The van der Waals surface area contributed by atoms with Crippen molar-refractivity contribution >= 4 is 11.9 Å². The summed E-state index contributed by atoms with van der Waals surface area (Å²) in [5, 5.41) is 9.62. The zero-order chi connectivity index (χ0) is 18.0. The van der Waals surface area contributed by atoms with Crippen molar-refractivity contribution in [2.45, 2.75) is 25.4 Å². The first-order valence-corrected chi connectivity index (χ1v) is 7.89. The number of carbonyl (C=O) groups excluding carboxylic acids is 1. The Kier molecular flexibility index (Phi) is 4.43. The number of carbonyl (C=O) groups is 2. The molecule has 3 rings (SSSR count). The van der Waals surface area contributed by atoms with E-state index in [1.54, 1.807) is 19.2 Å². The van der Waals surface area contributed by atoms with Gasteiger partial charge in [0.15, 0.2) is 17.4 Å². The standard InChI is InChI=1S/C17H18FN3O4/c1-11-10-19-14(20-11)15(22)21-8-6-17(7-9-21,16(23)24)25-13-5-3-2-4-12(13)18/h2-5,10H,6-9H2,1H3,(H,19,20)(H,23,24). The summed E-state index contributed by atoms with van der Waals surface area (Å²) in [6.07, 6.45) is 1.67. The Bertz CT molecular complexity index is 797. The number of nitrogens with one attached hydrogen (secondary N) is 1. The van der Waals surface area contributed by atoms with E-state index < -0.39 is 17.4 Å². The summed E-state index contributed by atoms with van der Waals surface area (Å²) in [6, 6.07) is 5.68. The van der Waals surface area contributed by atoms with E-state index in [-0.39, 0.29) is 43.4 Å². The Morgan fingerprint density at radius 3 is 2.56 bits per heavy atom. The maximum Gasteiger partial charge on any atom is 0.348 e. The van der Waals surface area contributed by atoms with Gasteiger partial charge in [-0.15, -0.1) is 0 Å². The number of carboxylic acids is 1. The summed E-state index contributed by atoms with van der Waals surface area (Å²) in [7, 11) is 0. The molecule has 8 heteroatoms. The first-order valence-electron chi connectivity index (χ1n) is 7.89. The number of rotatable bonds is 4. The van der Waals surface area contributed by atoms with Crippen LogP contribution >= 0.6 is 0 Å². The smallest absolute Gasteiger partial charge is 0.348 e. The first kappa shape index (κ1) is 16.9. The van der Waals surface area contributed by atoms with Gasteiger partial charge in [-0.2, -0.15) is 0 Å². The molecule has 0 atom stereocenters. The van der Waals surface area contributed by atoms with Crippen molar-refractivity contribution < 1.29 is 23.8 Å². The Balaban J connectivity index is 1.73. The fourth-order valence-electron chi connectivity index (χ4n) is 2.84. The molecule has 1 aromatic carbocycles. The molecule has 1 aliphatic rings. The van der Waals surface area contributed by atoms with Crippen LogP contribution in [0.5, 0.6) is 5.75 Å². The average molecular weight is 347 g/mol. The molecule has 1 saturated heterocycles. The Morgan fingerprint density at radius 1 is 1.32 bits per heavy atom. The van der Waals surface area contributed by atoms with Crippen LogP contribution in [0, 0.1) is 12.7 Å². The number of hydrogen-bond acceptors (Lipinski definition) is 4. The number of aromatic amines is 1. The Hall–Kier alpha value is -2.90. The van der Waals surface area contributed by atoms with Gasteiger partial charge in [0.1, 0.15) is 0 Å². The number of hydrogen-bond donors (Lipinski definition) is 2. The third-order valence-corrected chi connectivity index (χ3v) is 4.30. The number of carboxylic acid groups (broad SMARTS) is 1. The summed E-state index contributed by atoms with van der Waals surface area (Å²) in [5.41, 5.74) is -0.791. The predicted molar refractivity (Wildman–Crippen MR) is 85.9 cm³/mol. The number of ether oxygens (including phenoxy) is 1. The average Bonchev–Trinajstić information content (AvgIpc) is 3.03. The minimum absolute atomic E-state index is 0.0576. The molecule has 2 aromatic rings. The number of aromatic nitrogens is 2. The number of benzene rings is 1. The molecular weight excluding hydrogens is 329 g/mol. The molecule has 1 aromatic heterocycles. The Morgan fingerprint density at radius 2 is 2.00 bits per heavy atom. The van der Waals surface area contributed by atoms with Crippen molar-refractivity contribution in [3.63, 3.8) is 0 Å². The lowest BCUT2D eigenvalue weighted by atomic mass is 9.91. The van der Waals surface area contributed by atoms with Gasteiger partial charge in [0.25, 0.3) is 5.91 Å². The third kappa shape index (κ3) is 3.33. The second-order valence-electron chi connectivity index (χ2n) is 6.04. The normalized spacial score (nSPS) is 16.5. The molecule has 2 heterocycles. The van der Waals surface area contributed by atoms with Crippen LogP contribution in [-0.2, 0) is 4.79 Å². The van der Waals surface area contributed by atoms with Crippen LogP contribution in [0.1, 0.15) is 29.2 Å². The van der Waals surface area contributed by atoms with E-state index in [4.69, 9.17) is 4.74 Å². The molecule has 7 nitrogen and oxygen atoms in total. The molecule has 2 N–H and O–H groups in total. The van der Waals surface area contributed by atoms with Crippen LogP contribution in [0.3, 0.4) is 0 Å². The van der Waals surface area contributed by atoms with Crippen LogP contribution in [0.4, 0.5) is 4.39 Å². The molecular formula is C17H18FN3O4. The number of aryl methyl sites for hydroxylation is 1. The van der Waals surface area contributed by atoms with Crippen LogP contribution in [0.15, 0.2) is 30.5 Å².